The summed E-state index contributed by atoms with van der Waals surface area (Å²) >= 11 is 0. The van der Waals surface area contributed by atoms with Gasteiger partial charge in [0.25, 0.3) is 0 Å². The van der Waals surface area contributed by atoms with Gasteiger partial charge in [-0.25, -0.2) is 0 Å². The lowest BCUT2D eigenvalue weighted by molar-refractivity contribution is 0.128. The first-order valence-electron chi connectivity index (χ1n) is 7.40. The van der Waals surface area contributed by atoms with E-state index in [-0.39, 0.29) is 6.10 Å². The number of aryl methyl sites for hydroxylation is 2. The van der Waals surface area contributed by atoms with Gasteiger partial charge in [-0.1, -0.05) is 32.1 Å². The molecule has 1 fully saturated rings. The third kappa shape index (κ3) is 3.58. The maximum Gasteiger partial charge on any atom is 0.0598 e. The smallest absolute Gasteiger partial charge is 0.0598 e. The number of rotatable bonds is 5. The molecule has 3 nitrogen and oxygen atoms in total. The molecule has 1 aromatic rings. The summed E-state index contributed by atoms with van der Waals surface area (Å²) in [5, 5.41) is 14.7. The lowest BCUT2D eigenvalue weighted by Gasteiger charge is -2.24. The van der Waals surface area contributed by atoms with Crippen molar-refractivity contribution < 1.29 is 5.11 Å². The molecule has 0 bridgehead atoms. The van der Waals surface area contributed by atoms with Gasteiger partial charge in [-0.2, -0.15) is 5.10 Å². The Morgan fingerprint density at radius 3 is 2.78 bits per heavy atom. The van der Waals surface area contributed by atoms with E-state index in [4.69, 9.17) is 0 Å². The van der Waals surface area contributed by atoms with E-state index in [1.54, 1.807) is 0 Å². The Labute approximate surface area is 110 Å². The summed E-state index contributed by atoms with van der Waals surface area (Å²) in [6, 6.07) is 2.10. The summed E-state index contributed by atoms with van der Waals surface area (Å²) in [6.07, 6.45) is 8.22. The van der Waals surface area contributed by atoms with Crippen molar-refractivity contribution in [3.05, 3.63) is 17.5 Å². The molecule has 0 aromatic carbocycles. The van der Waals surface area contributed by atoms with Crippen LogP contribution in [0.5, 0.6) is 0 Å². The van der Waals surface area contributed by atoms with Gasteiger partial charge in [0, 0.05) is 18.7 Å². The Balaban J connectivity index is 1.87. The highest BCUT2D eigenvalue weighted by atomic mass is 16.3. The Kier molecular flexibility index (Phi) is 4.81. The van der Waals surface area contributed by atoms with E-state index in [1.165, 1.54) is 37.8 Å². The van der Waals surface area contributed by atoms with Crippen LogP contribution in [0, 0.1) is 12.8 Å². The zero-order chi connectivity index (χ0) is 13.0. The van der Waals surface area contributed by atoms with Crippen LogP contribution >= 0.6 is 0 Å². The number of hydrogen-bond donors (Lipinski definition) is 1. The summed E-state index contributed by atoms with van der Waals surface area (Å²) in [6.45, 7) is 5.01. The lowest BCUT2D eigenvalue weighted by atomic mass is 9.85. The molecule has 0 amide bonds. The molecular weight excluding hydrogens is 224 g/mol. The number of aromatic nitrogens is 2. The second kappa shape index (κ2) is 6.37. The van der Waals surface area contributed by atoms with Crippen molar-refractivity contribution in [2.45, 2.75) is 71.4 Å². The predicted octanol–water partition coefficient (Wildman–Crippen LogP) is 3.09. The third-order valence-corrected chi connectivity index (χ3v) is 4.06. The predicted molar refractivity (Wildman–Crippen MR) is 73.5 cm³/mol. The second-order valence-corrected chi connectivity index (χ2v) is 5.69. The van der Waals surface area contributed by atoms with Gasteiger partial charge in [0.2, 0.25) is 0 Å². The van der Waals surface area contributed by atoms with E-state index >= 15 is 0 Å². The Morgan fingerprint density at radius 1 is 1.39 bits per heavy atom. The molecule has 18 heavy (non-hydrogen) atoms. The molecule has 1 aliphatic rings. The van der Waals surface area contributed by atoms with E-state index in [0.717, 1.165) is 31.0 Å². The zero-order valence-corrected chi connectivity index (χ0v) is 11.7. The van der Waals surface area contributed by atoms with Gasteiger partial charge in [-0.15, -0.1) is 0 Å². The fourth-order valence-corrected chi connectivity index (χ4v) is 3.17. The minimum absolute atomic E-state index is 0.200. The van der Waals surface area contributed by atoms with Crippen molar-refractivity contribution in [3.8, 4) is 0 Å². The van der Waals surface area contributed by atoms with E-state index < -0.39 is 0 Å². The van der Waals surface area contributed by atoms with Crippen LogP contribution in [0.25, 0.3) is 0 Å². The quantitative estimate of drug-likeness (QED) is 0.872. The van der Waals surface area contributed by atoms with Crippen molar-refractivity contribution in [1.82, 2.24) is 9.78 Å². The first kappa shape index (κ1) is 13.6. The average molecular weight is 250 g/mol. The molecular formula is C15H26N2O. The largest absolute Gasteiger partial charge is 0.393 e. The zero-order valence-electron chi connectivity index (χ0n) is 11.7. The van der Waals surface area contributed by atoms with Crippen molar-refractivity contribution in [3.63, 3.8) is 0 Å². The Hall–Kier alpha value is -0.830. The molecule has 3 heteroatoms. The lowest BCUT2D eigenvalue weighted by Crippen LogP contribution is -2.19. The van der Waals surface area contributed by atoms with Gasteiger partial charge in [0.15, 0.2) is 0 Å². The molecule has 1 aromatic heterocycles. The normalized spacial score (nSPS) is 19.1. The van der Waals surface area contributed by atoms with E-state index in [2.05, 4.69) is 18.1 Å². The summed E-state index contributed by atoms with van der Waals surface area (Å²) in [7, 11) is 0. The van der Waals surface area contributed by atoms with Crippen LogP contribution in [0.15, 0.2) is 6.07 Å². The van der Waals surface area contributed by atoms with E-state index in [0.29, 0.717) is 0 Å². The first-order valence-corrected chi connectivity index (χ1v) is 7.40. The number of nitrogens with zero attached hydrogens (tertiary/aromatic N) is 2. The maximum atomic E-state index is 10.2. The standard InChI is InChI=1S/C15H26N2O/c1-3-17-14(9-12(2)16-17)11-15(18)10-13-7-5-4-6-8-13/h9,13,15,18H,3-8,10-11H2,1-2H3. The molecule has 1 heterocycles. The van der Waals surface area contributed by atoms with E-state index in [1.807, 2.05) is 11.6 Å². The summed E-state index contributed by atoms with van der Waals surface area (Å²) in [5.41, 5.74) is 2.23. The molecule has 1 aliphatic carbocycles. The molecule has 1 atom stereocenters. The molecule has 1 N–H and O–H groups in total. The fraction of sp³-hybridized carbons (Fsp3) is 0.800. The average Bonchev–Trinajstić information content (AvgIpc) is 2.70. The fourth-order valence-electron chi connectivity index (χ4n) is 3.17. The van der Waals surface area contributed by atoms with Crippen molar-refractivity contribution in [2.24, 2.45) is 5.92 Å². The van der Waals surface area contributed by atoms with Gasteiger partial charge < -0.3 is 5.11 Å². The van der Waals surface area contributed by atoms with Gasteiger partial charge in [-0.05, 0) is 32.3 Å². The molecule has 0 radical (unpaired) electrons. The molecule has 102 valence electrons. The number of aliphatic hydroxyl groups is 1. The number of aliphatic hydroxyl groups excluding tert-OH is 1. The molecule has 0 saturated heterocycles. The van der Waals surface area contributed by atoms with Crippen LogP contribution in [0.4, 0.5) is 0 Å². The SMILES string of the molecule is CCn1nc(C)cc1CC(O)CC1CCCCC1. The van der Waals surface area contributed by atoms with Gasteiger partial charge in [-0.3, -0.25) is 4.68 Å². The highest BCUT2D eigenvalue weighted by molar-refractivity contribution is 5.10. The van der Waals surface area contributed by atoms with E-state index in [9.17, 15) is 5.11 Å². The van der Waals surface area contributed by atoms with Gasteiger partial charge in [0.05, 0.1) is 11.8 Å². The maximum absolute atomic E-state index is 10.2. The monoisotopic (exact) mass is 250 g/mol. The summed E-state index contributed by atoms with van der Waals surface area (Å²) in [4.78, 5) is 0. The van der Waals surface area contributed by atoms with Crippen LogP contribution in [-0.2, 0) is 13.0 Å². The van der Waals surface area contributed by atoms with Crippen LogP contribution in [0.3, 0.4) is 0 Å². The highest BCUT2D eigenvalue weighted by Crippen LogP contribution is 2.28. The molecule has 1 saturated carbocycles. The molecule has 2 rings (SSSR count). The van der Waals surface area contributed by atoms with Crippen molar-refractivity contribution >= 4 is 0 Å². The van der Waals surface area contributed by atoms with Crippen LogP contribution in [0.1, 0.15) is 56.8 Å². The van der Waals surface area contributed by atoms with Crippen LogP contribution in [-0.4, -0.2) is 21.0 Å². The van der Waals surface area contributed by atoms with Crippen LogP contribution < -0.4 is 0 Å². The summed E-state index contributed by atoms with van der Waals surface area (Å²) < 4.78 is 2.01. The topological polar surface area (TPSA) is 38.0 Å². The Morgan fingerprint density at radius 2 is 2.11 bits per heavy atom. The Bertz CT molecular complexity index is 367. The summed E-state index contributed by atoms with van der Waals surface area (Å²) in [5.74, 6) is 0.743. The van der Waals surface area contributed by atoms with Crippen molar-refractivity contribution in [2.75, 3.05) is 0 Å². The van der Waals surface area contributed by atoms with Crippen LogP contribution in [0.2, 0.25) is 0 Å². The minimum Gasteiger partial charge on any atom is -0.393 e. The minimum atomic E-state index is -0.200. The highest BCUT2D eigenvalue weighted by Gasteiger charge is 2.18. The third-order valence-electron chi connectivity index (χ3n) is 4.06. The molecule has 1 unspecified atom stereocenters. The first-order chi connectivity index (χ1) is 8.69. The second-order valence-electron chi connectivity index (χ2n) is 5.69. The number of hydrogen-bond acceptors (Lipinski definition) is 2. The molecule has 0 aliphatic heterocycles. The van der Waals surface area contributed by atoms with Gasteiger partial charge >= 0.3 is 0 Å². The molecule has 0 spiro atoms. The van der Waals surface area contributed by atoms with Gasteiger partial charge in [0.1, 0.15) is 0 Å². The van der Waals surface area contributed by atoms with Crippen molar-refractivity contribution in [1.29, 1.82) is 0 Å².